The molecule has 0 fully saturated rings. The van der Waals surface area contributed by atoms with Gasteiger partial charge in [-0.25, -0.2) is 8.42 Å². The quantitative estimate of drug-likeness (QED) is 0.326. The number of sulfonamides is 1. The van der Waals surface area contributed by atoms with Crippen molar-refractivity contribution in [1.29, 1.82) is 0 Å². The van der Waals surface area contributed by atoms with Crippen LogP contribution < -0.4 is 9.62 Å². The molecule has 3 aromatic rings. The summed E-state index contributed by atoms with van der Waals surface area (Å²) in [6.07, 6.45) is 0.727. The monoisotopic (exact) mass is 575 g/mol. The highest BCUT2D eigenvalue weighted by atomic mass is 35.5. The maximum atomic E-state index is 13.8. The minimum absolute atomic E-state index is 0.00892. The number of rotatable bonds is 11. The van der Waals surface area contributed by atoms with E-state index in [9.17, 15) is 18.0 Å². The van der Waals surface area contributed by atoms with Crippen molar-refractivity contribution in [1.82, 2.24) is 10.2 Å². The van der Waals surface area contributed by atoms with Crippen LogP contribution in [0.1, 0.15) is 32.8 Å². The Balaban J connectivity index is 1.99. The summed E-state index contributed by atoms with van der Waals surface area (Å²) in [7, 11) is -4.14. The van der Waals surface area contributed by atoms with Crippen LogP contribution in [0.2, 0.25) is 10.0 Å². The molecule has 7 nitrogen and oxygen atoms in total. The van der Waals surface area contributed by atoms with E-state index in [0.29, 0.717) is 15.7 Å². The molecule has 0 aliphatic rings. The number of amides is 2. The number of anilines is 1. The Labute approximate surface area is 234 Å². The molecule has 0 unspecified atom stereocenters. The molecule has 3 rings (SSSR count). The number of nitrogens with one attached hydrogen (secondary N) is 1. The minimum Gasteiger partial charge on any atom is -0.352 e. The Morgan fingerprint density at radius 3 is 1.97 bits per heavy atom. The number of carbonyl (C=O) groups is 2. The van der Waals surface area contributed by atoms with Crippen molar-refractivity contribution >= 4 is 50.7 Å². The van der Waals surface area contributed by atoms with Gasteiger partial charge in [-0.15, -0.1) is 0 Å². The fourth-order valence-corrected chi connectivity index (χ4v) is 5.36. The normalized spacial score (nSPS) is 12.9. The number of halogens is 2. The zero-order valence-corrected chi connectivity index (χ0v) is 23.8. The molecule has 1 N–H and O–H groups in total. The predicted octanol–water partition coefficient (Wildman–Crippen LogP) is 5.52. The topological polar surface area (TPSA) is 86.8 Å². The van der Waals surface area contributed by atoms with Gasteiger partial charge in [-0.2, -0.15) is 0 Å². The Morgan fingerprint density at radius 2 is 1.42 bits per heavy atom. The van der Waals surface area contributed by atoms with Crippen LogP contribution in [0.5, 0.6) is 0 Å². The van der Waals surface area contributed by atoms with Crippen LogP contribution >= 0.6 is 23.2 Å². The molecule has 0 saturated carbocycles. The third-order valence-corrected chi connectivity index (χ3v) is 8.45. The van der Waals surface area contributed by atoms with E-state index in [1.165, 1.54) is 29.2 Å². The number of hydrogen-bond donors (Lipinski definition) is 1. The number of hydrogen-bond acceptors (Lipinski definition) is 4. The first-order valence-electron chi connectivity index (χ1n) is 12.2. The van der Waals surface area contributed by atoms with Crippen molar-refractivity contribution in [3.05, 3.63) is 94.5 Å². The Bertz CT molecular complexity index is 1330. The van der Waals surface area contributed by atoms with Gasteiger partial charge >= 0.3 is 0 Å². The van der Waals surface area contributed by atoms with Crippen LogP contribution in [0.3, 0.4) is 0 Å². The van der Waals surface area contributed by atoms with E-state index in [0.717, 1.165) is 16.3 Å². The minimum atomic E-state index is -4.14. The van der Waals surface area contributed by atoms with Crippen LogP contribution in [-0.4, -0.2) is 43.8 Å². The van der Waals surface area contributed by atoms with Crippen LogP contribution in [0.4, 0.5) is 5.69 Å². The van der Waals surface area contributed by atoms with Crippen molar-refractivity contribution in [2.24, 2.45) is 0 Å². The number of para-hydroxylation sites is 1. The molecule has 3 aromatic carbocycles. The Morgan fingerprint density at radius 1 is 0.868 bits per heavy atom. The highest BCUT2D eigenvalue weighted by molar-refractivity contribution is 7.92. The average Bonchev–Trinajstić information content (AvgIpc) is 2.91. The maximum absolute atomic E-state index is 13.8. The van der Waals surface area contributed by atoms with Crippen LogP contribution in [0, 0.1) is 0 Å². The molecular formula is C28H31Cl2N3O4S. The van der Waals surface area contributed by atoms with E-state index in [1.54, 1.807) is 61.5 Å². The van der Waals surface area contributed by atoms with Gasteiger partial charge in [0.05, 0.1) is 10.6 Å². The van der Waals surface area contributed by atoms with Gasteiger partial charge in [0, 0.05) is 22.6 Å². The van der Waals surface area contributed by atoms with Crippen molar-refractivity contribution < 1.29 is 18.0 Å². The fraction of sp³-hybridized carbons (Fsp3) is 0.286. The van der Waals surface area contributed by atoms with Crippen molar-refractivity contribution in [2.75, 3.05) is 10.8 Å². The summed E-state index contributed by atoms with van der Waals surface area (Å²) >= 11 is 12.0. The molecule has 202 valence electrons. The Kier molecular flexibility index (Phi) is 10.2. The van der Waals surface area contributed by atoms with E-state index in [-0.39, 0.29) is 23.4 Å². The molecule has 2 atom stereocenters. The molecule has 38 heavy (non-hydrogen) atoms. The lowest BCUT2D eigenvalue weighted by atomic mass is 10.1. The molecule has 0 heterocycles. The van der Waals surface area contributed by atoms with Gasteiger partial charge < -0.3 is 10.2 Å². The first-order valence-corrected chi connectivity index (χ1v) is 14.4. The molecule has 0 aromatic heterocycles. The smallest absolute Gasteiger partial charge is 0.264 e. The molecule has 0 aliphatic heterocycles. The van der Waals surface area contributed by atoms with E-state index < -0.39 is 28.5 Å². The predicted molar refractivity (Wildman–Crippen MR) is 152 cm³/mol. The highest BCUT2D eigenvalue weighted by Gasteiger charge is 2.32. The van der Waals surface area contributed by atoms with Gasteiger partial charge in [-0.3, -0.25) is 13.9 Å². The number of carbonyl (C=O) groups excluding carboxylic acids is 2. The lowest BCUT2D eigenvalue weighted by molar-refractivity contribution is -0.139. The summed E-state index contributed by atoms with van der Waals surface area (Å²) < 4.78 is 28.5. The van der Waals surface area contributed by atoms with E-state index in [1.807, 2.05) is 13.8 Å². The zero-order valence-electron chi connectivity index (χ0n) is 21.5. The van der Waals surface area contributed by atoms with Crippen molar-refractivity contribution in [2.45, 2.75) is 50.7 Å². The molecule has 0 saturated heterocycles. The van der Waals surface area contributed by atoms with Gasteiger partial charge in [-0.05, 0) is 74.4 Å². The maximum Gasteiger partial charge on any atom is 0.264 e. The lowest BCUT2D eigenvalue weighted by Crippen LogP contribution is -2.52. The summed E-state index contributed by atoms with van der Waals surface area (Å²) in [4.78, 5) is 28.2. The summed E-state index contributed by atoms with van der Waals surface area (Å²) in [5.74, 6) is -0.860. The molecular weight excluding hydrogens is 545 g/mol. The molecule has 10 heteroatoms. The highest BCUT2D eigenvalue weighted by Crippen LogP contribution is 2.25. The Hall–Kier alpha value is -3.07. The SMILES string of the molecule is CC[C@H](C)NC(=O)[C@H](C)N(Cc1ccc(Cl)cc1)C(=O)CN(c1ccccc1)S(=O)(=O)c1ccc(Cl)cc1. The molecule has 0 radical (unpaired) electrons. The molecule has 0 spiro atoms. The zero-order chi connectivity index (χ0) is 27.9. The van der Waals surface area contributed by atoms with E-state index >= 15 is 0 Å². The van der Waals surface area contributed by atoms with Gasteiger partial charge in [-0.1, -0.05) is 60.5 Å². The third-order valence-electron chi connectivity index (χ3n) is 6.16. The van der Waals surface area contributed by atoms with Crippen LogP contribution in [-0.2, 0) is 26.2 Å². The van der Waals surface area contributed by atoms with Gasteiger partial charge in [0.15, 0.2) is 0 Å². The van der Waals surface area contributed by atoms with Gasteiger partial charge in [0.1, 0.15) is 12.6 Å². The second-order valence-electron chi connectivity index (χ2n) is 8.94. The summed E-state index contributed by atoms with van der Waals surface area (Å²) in [6.45, 7) is 5.04. The summed E-state index contributed by atoms with van der Waals surface area (Å²) in [5.41, 5.74) is 1.07. The van der Waals surface area contributed by atoms with E-state index in [4.69, 9.17) is 23.2 Å². The standard InChI is InChI=1S/C28H31Cl2N3O4S/c1-4-20(2)31-28(35)21(3)32(18-22-10-12-23(29)13-11-22)27(34)19-33(25-8-6-5-7-9-25)38(36,37)26-16-14-24(30)15-17-26/h5-17,20-21H,4,18-19H2,1-3H3,(H,31,35)/t20-,21-/m0/s1. The lowest BCUT2D eigenvalue weighted by Gasteiger charge is -2.32. The van der Waals surface area contributed by atoms with Crippen LogP contribution in [0.15, 0.2) is 83.8 Å². The van der Waals surface area contributed by atoms with Gasteiger partial charge in [0.2, 0.25) is 11.8 Å². The van der Waals surface area contributed by atoms with Crippen molar-refractivity contribution in [3.63, 3.8) is 0 Å². The van der Waals surface area contributed by atoms with Crippen molar-refractivity contribution in [3.8, 4) is 0 Å². The molecule has 0 bridgehead atoms. The first kappa shape index (κ1) is 29.5. The molecule has 0 aliphatic carbocycles. The number of benzene rings is 3. The van der Waals surface area contributed by atoms with Gasteiger partial charge in [0.25, 0.3) is 10.0 Å². The third kappa shape index (κ3) is 7.49. The summed E-state index contributed by atoms with van der Waals surface area (Å²) in [6, 6.07) is 20.1. The fourth-order valence-electron chi connectivity index (χ4n) is 3.69. The number of nitrogens with zero attached hydrogens (tertiary/aromatic N) is 2. The van der Waals surface area contributed by atoms with Crippen LogP contribution in [0.25, 0.3) is 0 Å². The second-order valence-corrected chi connectivity index (χ2v) is 11.7. The largest absolute Gasteiger partial charge is 0.352 e. The molecule has 2 amide bonds. The second kappa shape index (κ2) is 13.1. The van der Waals surface area contributed by atoms with E-state index in [2.05, 4.69) is 5.32 Å². The average molecular weight is 577 g/mol. The summed E-state index contributed by atoms with van der Waals surface area (Å²) in [5, 5.41) is 3.84. The first-order chi connectivity index (χ1) is 18.0.